The second kappa shape index (κ2) is 9.73. The van der Waals surface area contributed by atoms with Crippen molar-refractivity contribution in [3.05, 3.63) is 60.2 Å². The second-order valence-corrected chi connectivity index (χ2v) is 6.39. The Balaban J connectivity index is 2.15. The van der Waals surface area contributed by atoms with Gasteiger partial charge < -0.3 is 15.0 Å². The quantitative estimate of drug-likeness (QED) is 0.777. The van der Waals surface area contributed by atoms with Crippen LogP contribution in [0.4, 0.5) is 5.69 Å². The molecule has 0 bridgehead atoms. The number of likely N-dealkylation sites (N-methyl/N-ethyl adjacent to an activating group) is 2. The lowest BCUT2D eigenvalue weighted by molar-refractivity contribution is -0.135. The molecule has 2 aromatic carbocycles. The summed E-state index contributed by atoms with van der Waals surface area (Å²) in [6.07, 6.45) is 0. The maximum atomic E-state index is 12.8. The van der Waals surface area contributed by atoms with Gasteiger partial charge in [0.1, 0.15) is 11.8 Å². The fourth-order valence-electron chi connectivity index (χ4n) is 2.83. The first-order valence-electron chi connectivity index (χ1n) is 8.90. The number of amides is 2. The van der Waals surface area contributed by atoms with E-state index < -0.39 is 6.04 Å². The lowest BCUT2D eigenvalue weighted by Gasteiger charge is -2.31. The number of benzene rings is 2. The van der Waals surface area contributed by atoms with Gasteiger partial charge in [-0.2, -0.15) is 0 Å². The van der Waals surface area contributed by atoms with Crippen molar-refractivity contribution in [2.45, 2.75) is 13.0 Å². The SMILES string of the molecule is CCN(CC(=O)Nc1ccc(OC)cc1)C(C(=O)N(C)C)c1ccccc1. The fraction of sp³-hybridized carbons (Fsp3) is 0.333. The summed E-state index contributed by atoms with van der Waals surface area (Å²) in [5.41, 5.74) is 1.56. The van der Waals surface area contributed by atoms with E-state index >= 15 is 0 Å². The summed E-state index contributed by atoms with van der Waals surface area (Å²) in [5, 5.41) is 2.87. The smallest absolute Gasteiger partial charge is 0.244 e. The zero-order valence-corrected chi connectivity index (χ0v) is 16.3. The third kappa shape index (κ3) is 5.56. The van der Waals surface area contributed by atoms with Gasteiger partial charge >= 0.3 is 0 Å². The highest BCUT2D eigenvalue weighted by atomic mass is 16.5. The summed E-state index contributed by atoms with van der Waals surface area (Å²) in [4.78, 5) is 28.8. The predicted octanol–water partition coefficient (Wildman–Crippen LogP) is 2.79. The van der Waals surface area contributed by atoms with E-state index in [0.29, 0.717) is 12.2 Å². The molecule has 0 aliphatic carbocycles. The van der Waals surface area contributed by atoms with E-state index in [-0.39, 0.29) is 18.4 Å². The Morgan fingerprint density at radius 3 is 2.19 bits per heavy atom. The number of carbonyl (C=O) groups is 2. The molecule has 0 radical (unpaired) electrons. The monoisotopic (exact) mass is 369 g/mol. The molecule has 0 saturated heterocycles. The van der Waals surface area contributed by atoms with Crippen LogP contribution in [0.5, 0.6) is 5.75 Å². The third-order valence-corrected chi connectivity index (χ3v) is 4.28. The summed E-state index contributed by atoms with van der Waals surface area (Å²) in [7, 11) is 5.05. The van der Waals surface area contributed by atoms with E-state index in [2.05, 4.69) is 5.32 Å². The van der Waals surface area contributed by atoms with Gasteiger partial charge in [-0.25, -0.2) is 0 Å². The Morgan fingerprint density at radius 2 is 1.67 bits per heavy atom. The fourth-order valence-corrected chi connectivity index (χ4v) is 2.83. The zero-order chi connectivity index (χ0) is 19.8. The van der Waals surface area contributed by atoms with Crippen LogP contribution in [-0.4, -0.2) is 55.9 Å². The molecule has 0 spiro atoms. The van der Waals surface area contributed by atoms with Gasteiger partial charge in [-0.15, -0.1) is 0 Å². The standard InChI is InChI=1S/C21H27N3O3/c1-5-24(15-19(25)22-17-11-13-18(27-4)14-12-17)20(21(26)23(2)3)16-9-7-6-8-10-16/h6-14,20H,5,15H2,1-4H3,(H,22,25). The molecule has 27 heavy (non-hydrogen) atoms. The number of methoxy groups -OCH3 is 1. The molecule has 0 heterocycles. The van der Waals surface area contributed by atoms with Crippen molar-refractivity contribution >= 4 is 17.5 Å². The maximum absolute atomic E-state index is 12.8. The number of nitrogens with one attached hydrogen (secondary N) is 1. The number of ether oxygens (including phenoxy) is 1. The highest BCUT2D eigenvalue weighted by Gasteiger charge is 2.29. The maximum Gasteiger partial charge on any atom is 0.244 e. The second-order valence-electron chi connectivity index (χ2n) is 6.39. The van der Waals surface area contributed by atoms with E-state index in [1.54, 1.807) is 50.4 Å². The largest absolute Gasteiger partial charge is 0.497 e. The molecule has 1 atom stereocenters. The first-order chi connectivity index (χ1) is 13.0. The third-order valence-electron chi connectivity index (χ3n) is 4.28. The highest BCUT2D eigenvalue weighted by Crippen LogP contribution is 2.23. The molecule has 0 aliphatic heterocycles. The highest BCUT2D eigenvalue weighted by molar-refractivity contribution is 5.93. The summed E-state index contributed by atoms with van der Waals surface area (Å²) in [5.74, 6) is 0.499. The molecule has 1 unspecified atom stereocenters. The number of hydrogen-bond donors (Lipinski definition) is 1. The minimum atomic E-state index is -0.507. The minimum absolute atomic E-state index is 0.0553. The molecule has 2 aromatic rings. The average Bonchev–Trinajstić information content (AvgIpc) is 2.68. The van der Waals surface area contributed by atoms with Crippen molar-refractivity contribution < 1.29 is 14.3 Å². The summed E-state index contributed by atoms with van der Waals surface area (Å²) in [6.45, 7) is 2.62. The molecule has 1 N–H and O–H groups in total. The zero-order valence-electron chi connectivity index (χ0n) is 16.3. The molecule has 144 valence electrons. The predicted molar refractivity (Wildman–Crippen MR) is 107 cm³/mol. The topological polar surface area (TPSA) is 61.9 Å². The summed E-state index contributed by atoms with van der Waals surface area (Å²) in [6, 6.07) is 16.2. The molecule has 0 aliphatic rings. The summed E-state index contributed by atoms with van der Waals surface area (Å²) < 4.78 is 5.12. The Labute approximate surface area is 160 Å². The van der Waals surface area contributed by atoms with E-state index in [1.807, 2.05) is 42.2 Å². The van der Waals surface area contributed by atoms with Gasteiger partial charge in [-0.3, -0.25) is 14.5 Å². The molecule has 0 saturated carbocycles. The van der Waals surface area contributed by atoms with Crippen molar-refractivity contribution in [2.24, 2.45) is 0 Å². The van der Waals surface area contributed by atoms with Crippen LogP contribution >= 0.6 is 0 Å². The number of nitrogens with zero attached hydrogens (tertiary/aromatic N) is 2. The molecule has 2 amide bonds. The van der Waals surface area contributed by atoms with Crippen LogP contribution in [0.1, 0.15) is 18.5 Å². The van der Waals surface area contributed by atoms with Gasteiger partial charge in [-0.1, -0.05) is 37.3 Å². The molecule has 6 nitrogen and oxygen atoms in total. The van der Waals surface area contributed by atoms with E-state index in [9.17, 15) is 9.59 Å². The van der Waals surface area contributed by atoms with Crippen LogP contribution in [0.25, 0.3) is 0 Å². The van der Waals surface area contributed by atoms with Gasteiger partial charge in [-0.05, 0) is 36.4 Å². The average molecular weight is 369 g/mol. The van der Waals surface area contributed by atoms with Crippen molar-refractivity contribution in [1.82, 2.24) is 9.80 Å². The van der Waals surface area contributed by atoms with Crippen LogP contribution in [0.2, 0.25) is 0 Å². The van der Waals surface area contributed by atoms with Gasteiger partial charge in [0, 0.05) is 19.8 Å². The van der Waals surface area contributed by atoms with E-state index in [1.165, 1.54) is 0 Å². The normalized spacial score (nSPS) is 11.7. The van der Waals surface area contributed by atoms with Crippen molar-refractivity contribution in [1.29, 1.82) is 0 Å². The lowest BCUT2D eigenvalue weighted by atomic mass is 10.0. The van der Waals surface area contributed by atoms with Gasteiger partial charge in [0.2, 0.25) is 11.8 Å². The molecular formula is C21H27N3O3. The lowest BCUT2D eigenvalue weighted by Crippen LogP contribution is -2.43. The van der Waals surface area contributed by atoms with Gasteiger partial charge in [0.25, 0.3) is 0 Å². The molecule has 0 fully saturated rings. The van der Waals surface area contributed by atoms with Gasteiger partial charge in [0.05, 0.1) is 13.7 Å². The number of rotatable bonds is 8. The minimum Gasteiger partial charge on any atom is -0.497 e. The van der Waals surface area contributed by atoms with Crippen molar-refractivity contribution in [2.75, 3.05) is 39.6 Å². The molecular weight excluding hydrogens is 342 g/mol. The first-order valence-corrected chi connectivity index (χ1v) is 8.90. The van der Waals surface area contributed by atoms with Crippen LogP contribution in [0.15, 0.2) is 54.6 Å². The van der Waals surface area contributed by atoms with Crippen molar-refractivity contribution in [3.63, 3.8) is 0 Å². The Hall–Kier alpha value is -2.86. The Morgan fingerprint density at radius 1 is 1.04 bits per heavy atom. The number of hydrogen-bond acceptors (Lipinski definition) is 4. The Bertz CT molecular complexity index is 745. The van der Waals surface area contributed by atoms with Crippen LogP contribution in [0, 0.1) is 0 Å². The number of anilines is 1. The Kier molecular flexibility index (Phi) is 7.37. The molecule has 6 heteroatoms. The molecule has 2 rings (SSSR count). The first kappa shape index (κ1) is 20.5. The number of carbonyl (C=O) groups excluding carboxylic acids is 2. The van der Waals surface area contributed by atoms with E-state index in [0.717, 1.165) is 11.3 Å². The van der Waals surface area contributed by atoms with Crippen LogP contribution in [-0.2, 0) is 9.59 Å². The summed E-state index contributed by atoms with van der Waals surface area (Å²) >= 11 is 0. The van der Waals surface area contributed by atoms with Crippen LogP contribution in [0.3, 0.4) is 0 Å². The van der Waals surface area contributed by atoms with Crippen LogP contribution < -0.4 is 10.1 Å². The van der Waals surface area contributed by atoms with Gasteiger partial charge in [0.15, 0.2) is 0 Å². The van der Waals surface area contributed by atoms with E-state index in [4.69, 9.17) is 4.74 Å². The molecule has 0 aromatic heterocycles. The van der Waals surface area contributed by atoms with Crippen molar-refractivity contribution in [3.8, 4) is 5.75 Å².